The molecule has 7 aromatic carbocycles. The van der Waals surface area contributed by atoms with Crippen LogP contribution in [0.4, 0.5) is 0 Å². The van der Waals surface area contributed by atoms with Gasteiger partial charge in [0.25, 0.3) is 23.6 Å². The lowest BCUT2D eigenvalue weighted by atomic mass is 9.79. The van der Waals surface area contributed by atoms with Crippen molar-refractivity contribution in [1.29, 1.82) is 0 Å². The fourth-order valence-corrected chi connectivity index (χ4v) is 14.0. The van der Waals surface area contributed by atoms with E-state index in [4.69, 9.17) is 0 Å². The maximum Gasteiger partial charge on any atom is 0.262 e. The molecule has 56 heavy (non-hydrogen) atoms. The maximum absolute atomic E-state index is 15.2. The first-order valence-electron chi connectivity index (χ1n) is 20.2. The summed E-state index contributed by atoms with van der Waals surface area (Å²) < 4.78 is 4.18. The van der Waals surface area contributed by atoms with E-state index in [9.17, 15) is 9.59 Å². The molecule has 0 unspecified atom stereocenters. The van der Waals surface area contributed by atoms with Gasteiger partial charge in [-0.1, -0.05) is 87.1 Å². The zero-order valence-electron chi connectivity index (χ0n) is 30.5. The van der Waals surface area contributed by atoms with Crippen molar-refractivity contribution in [3.05, 3.63) is 95.1 Å². The van der Waals surface area contributed by atoms with Crippen LogP contribution >= 0.6 is 22.7 Å². The van der Waals surface area contributed by atoms with Crippen LogP contribution in [0.25, 0.3) is 83.4 Å². The second kappa shape index (κ2) is 11.1. The fourth-order valence-electron chi connectivity index (χ4n) is 11.4. The summed E-state index contributed by atoms with van der Waals surface area (Å²) in [4.78, 5) is 63.0. The average molecular weight is 767 g/mol. The molecule has 9 aromatic rings. The monoisotopic (exact) mass is 766 g/mol. The molecule has 0 radical (unpaired) electrons. The molecule has 2 saturated carbocycles. The first-order valence-corrected chi connectivity index (χ1v) is 21.8. The molecule has 0 spiro atoms. The van der Waals surface area contributed by atoms with Crippen LogP contribution in [0.5, 0.6) is 0 Å². The SMILES string of the molecule is O=C1c2ccc3c4c2c(c2c5ccccc5sc2c4c2ccc4c5c(c6c7ccccc7sc6c3c52)C(=O)N(C2CCCCC2)C4=O)C(=O)N1C1CCCCC1. The largest absolute Gasteiger partial charge is 0.271 e. The molecule has 0 atom stereocenters. The van der Waals surface area contributed by atoms with E-state index in [1.807, 2.05) is 36.4 Å². The van der Waals surface area contributed by atoms with Gasteiger partial charge in [-0.05, 0) is 60.7 Å². The van der Waals surface area contributed by atoms with Crippen LogP contribution in [0.15, 0.2) is 72.8 Å². The Kier molecular flexibility index (Phi) is 6.30. The van der Waals surface area contributed by atoms with E-state index in [0.717, 1.165) is 148 Å². The summed E-state index contributed by atoms with van der Waals surface area (Å²) in [5.41, 5.74) is 2.43. The third kappa shape index (κ3) is 3.78. The van der Waals surface area contributed by atoms with Gasteiger partial charge in [-0.25, -0.2) is 0 Å². The molecule has 4 aliphatic rings. The van der Waals surface area contributed by atoms with Gasteiger partial charge in [-0.15, -0.1) is 22.7 Å². The molecule has 13 rings (SSSR count). The van der Waals surface area contributed by atoms with Crippen LogP contribution in [0.1, 0.15) is 106 Å². The lowest BCUT2D eigenvalue weighted by Gasteiger charge is -2.37. The Morgan fingerprint density at radius 2 is 0.804 bits per heavy atom. The normalized spacial score (nSPS) is 18.6. The summed E-state index contributed by atoms with van der Waals surface area (Å²) in [7, 11) is 0. The smallest absolute Gasteiger partial charge is 0.262 e. The lowest BCUT2D eigenvalue weighted by Crippen LogP contribution is -2.48. The number of benzene rings is 7. The molecule has 0 saturated heterocycles. The minimum absolute atomic E-state index is 0.113. The first-order chi connectivity index (χ1) is 27.5. The number of amides is 4. The topological polar surface area (TPSA) is 74.8 Å². The minimum Gasteiger partial charge on any atom is -0.271 e. The second-order valence-corrected chi connectivity index (χ2v) is 18.6. The van der Waals surface area contributed by atoms with Crippen LogP contribution in [0.2, 0.25) is 0 Å². The van der Waals surface area contributed by atoms with Crippen molar-refractivity contribution in [2.75, 3.05) is 0 Å². The Morgan fingerprint density at radius 1 is 0.393 bits per heavy atom. The van der Waals surface area contributed by atoms with Gasteiger partial charge >= 0.3 is 0 Å². The summed E-state index contributed by atoms with van der Waals surface area (Å²) in [5.74, 6) is -0.775. The first kappa shape index (κ1) is 31.7. The summed E-state index contributed by atoms with van der Waals surface area (Å²) >= 11 is 3.38. The molecule has 0 bridgehead atoms. The summed E-state index contributed by atoms with van der Waals surface area (Å²) in [6, 6.07) is 24.4. The Balaban J connectivity index is 1.26. The lowest BCUT2D eigenvalue weighted by molar-refractivity contribution is 0.0489. The number of hydrogen-bond donors (Lipinski definition) is 0. The third-order valence-corrected chi connectivity index (χ3v) is 16.1. The van der Waals surface area contributed by atoms with Gasteiger partial charge in [0, 0.05) is 95.9 Å². The molecule has 2 fully saturated rings. The Morgan fingerprint density at radius 3 is 1.23 bits per heavy atom. The predicted molar refractivity (Wildman–Crippen MR) is 228 cm³/mol. The zero-order chi connectivity index (χ0) is 37.1. The van der Waals surface area contributed by atoms with Crippen LogP contribution in [-0.4, -0.2) is 45.5 Å². The van der Waals surface area contributed by atoms with Gasteiger partial charge in [0.1, 0.15) is 0 Å². The van der Waals surface area contributed by atoms with E-state index in [1.54, 1.807) is 32.5 Å². The van der Waals surface area contributed by atoms with Crippen molar-refractivity contribution in [1.82, 2.24) is 9.80 Å². The molecule has 2 aromatic heterocycles. The van der Waals surface area contributed by atoms with Gasteiger partial charge in [0.15, 0.2) is 0 Å². The number of carbonyl (C=O) groups is 4. The van der Waals surface area contributed by atoms with E-state index < -0.39 is 0 Å². The van der Waals surface area contributed by atoms with E-state index >= 15 is 9.59 Å². The molecule has 8 heteroatoms. The number of carbonyl (C=O) groups excluding carboxylic acids is 4. The Bertz CT molecular complexity index is 3100. The minimum atomic E-state index is -0.201. The highest BCUT2D eigenvalue weighted by Gasteiger charge is 2.43. The Labute approximate surface area is 328 Å². The standard InChI is InChI=1S/C48H34N2O4S2/c51-45-29-21-19-27-33-35(29)41(47(53)49(45)23-11-3-1-4-12-23)37-25-15-7-9-17-31(25)55-43(37)39(33)28-20-22-30-36-34(28)40(27)44-38(26-16-8-10-18-32(26)56-44)42(36)48(54)50(46(30)52)24-13-5-2-6-14-24/h7-10,15-24H,1-6,11-14H2. The van der Waals surface area contributed by atoms with Crippen LogP contribution in [0, 0.1) is 0 Å². The van der Waals surface area contributed by atoms with Crippen molar-refractivity contribution in [2.45, 2.75) is 76.3 Å². The number of rotatable bonds is 2. The summed E-state index contributed by atoms with van der Waals surface area (Å²) in [6.45, 7) is 0. The Hall–Kier alpha value is -5.44. The number of imide groups is 2. The molecular weight excluding hydrogens is 733 g/mol. The van der Waals surface area contributed by atoms with E-state index in [1.165, 1.54) is 0 Å². The number of nitrogens with zero attached hydrogens (tertiary/aromatic N) is 2. The van der Waals surface area contributed by atoms with Gasteiger partial charge in [0.2, 0.25) is 0 Å². The van der Waals surface area contributed by atoms with Crippen molar-refractivity contribution >= 4 is 130 Å². The van der Waals surface area contributed by atoms with Gasteiger partial charge in [0.05, 0.1) is 11.1 Å². The molecule has 272 valence electrons. The average Bonchev–Trinajstić information content (AvgIpc) is 3.81. The molecule has 6 nitrogen and oxygen atoms in total. The number of thiophene rings is 2. The molecule has 2 aliphatic heterocycles. The van der Waals surface area contributed by atoms with Crippen LogP contribution < -0.4 is 0 Å². The zero-order valence-corrected chi connectivity index (χ0v) is 32.1. The fraction of sp³-hybridized carbons (Fsp3) is 0.250. The summed E-state index contributed by atoms with van der Waals surface area (Å²) in [5, 5.41) is 11.0. The summed E-state index contributed by atoms with van der Waals surface area (Å²) in [6.07, 6.45) is 9.63. The highest BCUT2D eigenvalue weighted by molar-refractivity contribution is 7.27. The quantitative estimate of drug-likeness (QED) is 0.0997. The van der Waals surface area contributed by atoms with E-state index in [0.29, 0.717) is 22.3 Å². The highest BCUT2D eigenvalue weighted by Crippen LogP contribution is 2.56. The molecule has 2 aliphatic carbocycles. The molecular formula is C48H34N2O4S2. The van der Waals surface area contributed by atoms with Gasteiger partial charge in [-0.2, -0.15) is 0 Å². The van der Waals surface area contributed by atoms with Crippen molar-refractivity contribution in [3.63, 3.8) is 0 Å². The molecule has 4 amide bonds. The number of fused-ring (bicyclic) bond motifs is 12. The van der Waals surface area contributed by atoms with Crippen LogP contribution in [-0.2, 0) is 0 Å². The van der Waals surface area contributed by atoms with E-state index in [2.05, 4.69) is 36.4 Å². The van der Waals surface area contributed by atoms with Crippen molar-refractivity contribution in [3.8, 4) is 0 Å². The predicted octanol–water partition coefficient (Wildman–Crippen LogP) is 12.3. The molecule has 4 heterocycles. The second-order valence-electron chi connectivity index (χ2n) is 16.5. The van der Waals surface area contributed by atoms with E-state index in [-0.39, 0.29) is 35.7 Å². The highest BCUT2D eigenvalue weighted by atomic mass is 32.1. The van der Waals surface area contributed by atoms with Crippen molar-refractivity contribution < 1.29 is 19.2 Å². The third-order valence-electron chi connectivity index (χ3n) is 13.7. The van der Waals surface area contributed by atoms with Crippen molar-refractivity contribution in [2.24, 2.45) is 0 Å². The van der Waals surface area contributed by atoms with Gasteiger partial charge < -0.3 is 0 Å². The van der Waals surface area contributed by atoms with Gasteiger partial charge in [-0.3, -0.25) is 29.0 Å². The van der Waals surface area contributed by atoms with Crippen LogP contribution in [0.3, 0.4) is 0 Å². The maximum atomic E-state index is 15.2. The number of hydrogen-bond acceptors (Lipinski definition) is 6. The molecule has 0 N–H and O–H groups in total.